The van der Waals surface area contributed by atoms with Crippen LogP contribution in [0.3, 0.4) is 0 Å². The summed E-state index contributed by atoms with van der Waals surface area (Å²) in [5.74, 6) is 1.63. The predicted octanol–water partition coefficient (Wildman–Crippen LogP) is 6.22. The lowest BCUT2D eigenvalue weighted by molar-refractivity contribution is -0.122. The van der Waals surface area contributed by atoms with Crippen LogP contribution in [0.1, 0.15) is 113 Å². The summed E-state index contributed by atoms with van der Waals surface area (Å²) in [6.07, 6.45) is 11.6. The molecule has 0 atom stereocenters. The monoisotopic (exact) mass is 399 g/mol. The molecule has 0 saturated heterocycles. The number of primary amides is 1. The first kappa shape index (κ1) is 28.8. The Hall–Kier alpha value is -1.39. The van der Waals surface area contributed by atoms with Crippen molar-refractivity contribution in [2.75, 3.05) is 0 Å². The maximum atomic E-state index is 10.8. The quantitative estimate of drug-likeness (QED) is 0.597. The van der Waals surface area contributed by atoms with Crippen molar-refractivity contribution in [3.63, 3.8) is 0 Å². The number of hydrogen-bond donors (Lipinski definition) is 1. The van der Waals surface area contributed by atoms with Crippen LogP contribution in [0.4, 0.5) is 4.79 Å². The van der Waals surface area contributed by atoms with Gasteiger partial charge in [-0.15, -0.1) is 0 Å². The number of Topliss-reactive ketones (excluding diaryl/α,β-unsaturated/α-hetero) is 2. The van der Waals surface area contributed by atoms with Crippen LogP contribution in [-0.4, -0.2) is 23.3 Å². The van der Waals surface area contributed by atoms with Crippen LogP contribution in [0, 0.1) is 11.8 Å². The van der Waals surface area contributed by atoms with Crippen molar-refractivity contribution in [1.29, 1.82) is 0 Å². The van der Waals surface area contributed by atoms with Gasteiger partial charge in [0.2, 0.25) is 0 Å². The van der Waals surface area contributed by atoms with Gasteiger partial charge < -0.3 is 10.5 Å². The fourth-order valence-electron chi connectivity index (χ4n) is 3.32. The van der Waals surface area contributed by atoms with Crippen LogP contribution in [0.5, 0.6) is 0 Å². The van der Waals surface area contributed by atoms with Gasteiger partial charge in [0.25, 0.3) is 0 Å². The summed E-state index contributed by atoms with van der Waals surface area (Å²) >= 11 is 0. The van der Waals surface area contributed by atoms with Crippen molar-refractivity contribution in [1.82, 2.24) is 0 Å². The second-order valence-corrected chi connectivity index (χ2v) is 8.42. The summed E-state index contributed by atoms with van der Waals surface area (Å²) in [6, 6.07) is 0. The third-order valence-electron chi connectivity index (χ3n) is 4.77. The lowest BCUT2D eigenvalue weighted by Crippen LogP contribution is -2.27. The average molecular weight is 400 g/mol. The van der Waals surface area contributed by atoms with E-state index in [2.05, 4.69) is 4.74 Å². The lowest BCUT2D eigenvalue weighted by Gasteiger charge is -2.17. The van der Waals surface area contributed by atoms with Gasteiger partial charge in [-0.25, -0.2) is 4.79 Å². The van der Waals surface area contributed by atoms with E-state index in [1.54, 1.807) is 34.6 Å². The lowest BCUT2D eigenvalue weighted by atomic mass is 9.87. The first-order chi connectivity index (χ1) is 13.0. The van der Waals surface area contributed by atoms with Gasteiger partial charge in [-0.05, 0) is 60.3 Å². The number of ketones is 2. The molecule has 0 aromatic rings. The van der Waals surface area contributed by atoms with Gasteiger partial charge in [-0.2, -0.15) is 0 Å². The second-order valence-electron chi connectivity index (χ2n) is 8.42. The molecule has 2 saturated carbocycles. The van der Waals surface area contributed by atoms with E-state index in [1.165, 1.54) is 38.5 Å². The standard InChI is InChI=1S/2C8H14O.C5H11NO2.C2H6/c2*1-7(9)8-5-3-2-4-6-8;1-5(2,3)8-4(6)7;1-2/h2*8H,2-6H2,1H3;1-3H3,(H2,6,7);1-2H3. The number of ether oxygens (including phenoxy) is 1. The number of nitrogens with two attached hydrogens (primary N) is 1. The predicted molar refractivity (Wildman–Crippen MR) is 116 cm³/mol. The Bertz CT molecular complexity index is 400. The molecule has 2 N–H and O–H groups in total. The van der Waals surface area contributed by atoms with Gasteiger partial charge in [0.15, 0.2) is 0 Å². The van der Waals surface area contributed by atoms with Crippen LogP contribution in [-0.2, 0) is 14.3 Å². The zero-order valence-electron chi connectivity index (χ0n) is 19.4. The molecule has 1 amide bonds. The van der Waals surface area contributed by atoms with Gasteiger partial charge in [-0.3, -0.25) is 9.59 Å². The highest BCUT2D eigenvalue weighted by atomic mass is 16.6. The maximum absolute atomic E-state index is 10.8. The van der Waals surface area contributed by atoms with Crippen molar-refractivity contribution in [2.45, 2.75) is 118 Å². The molecule has 2 aliphatic rings. The van der Waals surface area contributed by atoms with Crippen molar-refractivity contribution in [2.24, 2.45) is 17.6 Å². The topological polar surface area (TPSA) is 86.5 Å². The molecule has 0 aliphatic heterocycles. The maximum Gasteiger partial charge on any atom is 0.405 e. The fraction of sp³-hybridized carbons (Fsp3) is 0.870. The molecular formula is C23H45NO4. The van der Waals surface area contributed by atoms with Gasteiger partial charge in [0, 0.05) is 11.8 Å². The van der Waals surface area contributed by atoms with Crippen LogP contribution >= 0.6 is 0 Å². The highest BCUT2D eigenvalue weighted by Crippen LogP contribution is 2.24. The van der Waals surface area contributed by atoms with Gasteiger partial charge in [0.05, 0.1) is 0 Å². The van der Waals surface area contributed by atoms with Crippen molar-refractivity contribution in [3.8, 4) is 0 Å². The molecule has 0 aromatic carbocycles. The van der Waals surface area contributed by atoms with Crippen molar-refractivity contribution in [3.05, 3.63) is 0 Å². The molecule has 2 aliphatic carbocycles. The number of amides is 1. The highest BCUT2D eigenvalue weighted by Gasteiger charge is 2.17. The van der Waals surface area contributed by atoms with Gasteiger partial charge in [-0.1, -0.05) is 52.4 Å². The van der Waals surface area contributed by atoms with Crippen molar-refractivity contribution >= 4 is 17.7 Å². The molecule has 5 nitrogen and oxygen atoms in total. The SMILES string of the molecule is CC.CC(=O)C1CCCCC1.CC(=O)C1CCCCC1.CC(C)(C)OC(N)=O. The van der Waals surface area contributed by atoms with E-state index >= 15 is 0 Å². The summed E-state index contributed by atoms with van der Waals surface area (Å²) in [5, 5.41) is 0. The Labute approximate surface area is 173 Å². The minimum atomic E-state index is -0.725. The summed E-state index contributed by atoms with van der Waals surface area (Å²) in [6.45, 7) is 12.7. The van der Waals surface area contributed by atoms with Crippen LogP contribution in [0.2, 0.25) is 0 Å². The normalized spacial score (nSPS) is 17.4. The van der Waals surface area contributed by atoms with Gasteiger partial charge in [0.1, 0.15) is 17.2 Å². The first-order valence-electron chi connectivity index (χ1n) is 11.0. The molecule has 0 spiro atoms. The largest absolute Gasteiger partial charge is 0.444 e. The smallest absolute Gasteiger partial charge is 0.405 e. The average Bonchev–Trinajstić information content (AvgIpc) is 2.64. The summed E-state index contributed by atoms with van der Waals surface area (Å²) < 4.78 is 4.58. The molecule has 0 bridgehead atoms. The number of carbonyl (C=O) groups excluding carboxylic acids is 3. The Kier molecular flexibility index (Phi) is 17.0. The third kappa shape index (κ3) is 18.0. The minimum absolute atomic E-state index is 0.398. The first-order valence-corrected chi connectivity index (χ1v) is 11.0. The molecule has 0 heterocycles. The van der Waals surface area contributed by atoms with Crippen LogP contribution in [0.25, 0.3) is 0 Å². The Morgan fingerprint density at radius 2 is 1.00 bits per heavy atom. The van der Waals surface area contributed by atoms with E-state index in [9.17, 15) is 14.4 Å². The second kappa shape index (κ2) is 16.6. The zero-order valence-corrected chi connectivity index (χ0v) is 19.4. The van der Waals surface area contributed by atoms with E-state index in [0.29, 0.717) is 23.4 Å². The molecule has 2 rings (SSSR count). The summed E-state index contributed by atoms with van der Waals surface area (Å²) in [4.78, 5) is 31.6. The number of hydrogen-bond acceptors (Lipinski definition) is 4. The summed E-state index contributed by atoms with van der Waals surface area (Å²) in [7, 11) is 0. The molecule has 166 valence electrons. The van der Waals surface area contributed by atoms with Crippen LogP contribution < -0.4 is 5.73 Å². The van der Waals surface area contributed by atoms with E-state index in [4.69, 9.17) is 5.73 Å². The van der Waals surface area contributed by atoms with E-state index < -0.39 is 11.7 Å². The minimum Gasteiger partial charge on any atom is -0.444 e. The summed E-state index contributed by atoms with van der Waals surface area (Å²) in [5.41, 5.74) is 4.26. The van der Waals surface area contributed by atoms with Crippen molar-refractivity contribution < 1.29 is 19.1 Å². The molecular weight excluding hydrogens is 354 g/mol. The van der Waals surface area contributed by atoms with E-state index in [1.807, 2.05) is 13.8 Å². The molecule has 5 heteroatoms. The van der Waals surface area contributed by atoms with Crippen LogP contribution in [0.15, 0.2) is 0 Å². The molecule has 0 unspecified atom stereocenters. The number of carbonyl (C=O) groups is 3. The van der Waals surface area contributed by atoms with E-state index in [-0.39, 0.29) is 0 Å². The molecule has 0 aromatic heterocycles. The molecule has 0 radical (unpaired) electrons. The van der Waals surface area contributed by atoms with E-state index in [0.717, 1.165) is 25.7 Å². The number of rotatable bonds is 2. The zero-order chi connectivity index (χ0) is 22.2. The Morgan fingerprint density at radius 1 is 0.714 bits per heavy atom. The third-order valence-corrected chi connectivity index (χ3v) is 4.77. The Balaban J connectivity index is 0. The molecule has 2 fully saturated rings. The fourth-order valence-corrected chi connectivity index (χ4v) is 3.32. The Morgan fingerprint density at radius 3 is 1.11 bits per heavy atom. The molecule has 28 heavy (non-hydrogen) atoms. The van der Waals surface area contributed by atoms with Gasteiger partial charge >= 0.3 is 6.09 Å². The highest BCUT2D eigenvalue weighted by molar-refractivity contribution is 5.78.